The van der Waals surface area contributed by atoms with Gasteiger partial charge in [-0.1, -0.05) is 17.7 Å². The van der Waals surface area contributed by atoms with Crippen molar-refractivity contribution in [3.8, 4) is 5.75 Å². The number of carboxylic acid groups (broad SMARTS) is 1. The van der Waals surface area contributed by atoms with Crippen molar-refractivity contribution < 1.29 is 24.2 Å². The number of aromatic hydroxyl groups is 1. The Hall–Kier alpha value is -2.89. The van der Waals surface area contributed by atoms with Crippen molar-refractivity contribution in [1.82, 2.24) is 0 Å². The summed E-state index contributed by atoms with van der Waals surface area (Å²) in [6.07, 6.45) is 0. The van der Waals surface area contributed by atoms with Crippen LogP contribution in [0, 0.1) is 12.7 Å². The number of hydrogen-bond acceptors (Lipinski definition) is 3. The van der Waals surface area contributed by atoms with Crippen molar-refractivity contribution in [3.05, 3.63) is 58.9 Å². The van der Waals surface area contributed by atoms with Gasteiger partial charge in [-0.3, -0.25) is 4.79 Å². The van der Waals surface area contributed by atoms with Gasteiger partial charge in [0.2, 0.25) is 0 Å². The highest BCUT2D eigenvalue weighted by atomic mass is 19.1. The molecule has 0 atom stereocenters. The summed E-state index contributed by atoms with van der Waals surface area (Å²) < 4.78 is 13.6. The number of hydrogen-bond donors (Lipinski definition) is 3. The van der Waals surface area contributed by atoms with E-state index in [1.807, 2.05) is 0 Å². The van der Waals surface area contributed by atoms with Crippen LogP contribution >= 0.6 is 0 Å². The normalized spacial score (nSPS) is 10.2. The van der Waals surface area contributed by atoms with Crippen LogP contribution < -0.4 is 5.32 Å². The first-order valence-electron chi connectivity index (χ1n) is 6.03. The molecule has 6 heteroatoms. The average Bonchev–Trinajstić information content (AvgIpc) is 2.43. The van der Waals surface area contributed by atoms with Crippen LogP contribution in [0.3, 0.4) is 0 Å². The number of amides is 1. The van der Waals surface area contributed by atoms with Crippen LogP contribution in [0.15, 0.2) is 36.4 Å². The zero-order valence-electron chi connectivity index (χ0n) is 11.1. The first kappa shape index (κ1) is 14.5. The Morgan fingerprint density at radius 1 is 1.14 bits per heavy atom. The minimum Gasteiger partial charge on any atom is -0.505 e. The fraction of sp³-hybridized carbons (Fsp3) is 0.0667. The lowest BCUT2D eigenvalue weighted by Crippen LogP contribution is -2.14. The van der Waals surface area contributed by atoms with Gasteiger partial charge in [0.15, 0.2) is 5.75 Å². The lowest BCUT2D eigenvalue weighted by atomic mass is 10.1. The second-order valence-corrected chi connectivity index (χ2v) is 4.44. The lowest BCUT2D eigenvalue weighted by Gasteiger charge is -2.10. The van der Waals surface area contributed by atoms with Crippen molar-refractivity contribution in [2.45, 2.75) is 6.92 Å². The number of aryl methyl sites for hydroxylation is 1. The second-order valence-electron chi connectivity index (χ2n) is 4.44. The summed E-state index contributed by atoms with van der Waals surface area (Å²) >= 11 is 0. The standard InChI is InChI=1S/C15H12FNO4/c1-8-5-6-11(16)10(7-8)14(19)17-12-4-2-3-9(13(12)18)15(20)21/h2-7,18H,1H3,(H,17,19)(H,20,21). The van der Waals surface area contributed by atoms with Crippen molar-refractivity contribution in [2.24, 2.45) is 0 Å². The minimum atomic E-state index is -1.33. The van der Waals surface area contributed by atoms with Gasteiger partial charge in [0, 0.05) is 0 Å². The van der Waals surface area contributed by atoms with E-state index >= 15 is 0 Å². The number of para-hydroxylation sites is 1. The highest BCUT2D eigenvalue weighted by Crippen LogP contribution is 2.28. The Morgan fingerprint density at radius 3 is 2.52 bits per heavy atom. The number of carbonyl (C=O) groups is 2. The maximum Gasteiger partial charge on any atom is 0.339 e. The van der Waals surface area contributed by atoms with E-state index in [1.165, 1.54) is 30.3 Å². The molecule has 0 radical (unpaired) electrons. The second kappa shape index (κ2) is 5.62. The molecule has 0 saturated carbocycles. The molecule has 5 nitrogen and oxygen atoms in total. The van der Waals surface area contributed by atoms with Gasteiger partial charge in [-0.25, -0.2) is 9.18 Å². The molecule has 21 heavy (non-hydrogen) atoms. The highest BCUT2D eigenvalue weighted by Gasteiger charge is 2.17. The molecule has 0 saturated heterocycles. The number of halogens is 1. The number of aromatic carboxylic acids is 1. The van der Waals surface area contributed by atoms with Gasteiger partial charge in [-0.15, -0.1) is 0 Å². The van der Waals surface area contributed by atoms with Gasteiger partial charge >= 0.3 is 5.97 Å². The average molecular weight is 289 g/mol. The molecule has 2 aromatic carbocycles. The van der Waals surface area contributed by atoms with E-state index in [9.17, 15) is 19.1 Å². The van der Waals surface area contributed by atoms with E-state index in [0.717, 1.165) is 6.07 Å². The van der Waals surface area contributed by atoms with E-state index < -0.39 is 23.4 Å². The summed E-state index contributed by atoms with van der Waals surface area (Å²) in [4.78, 5) is 22.9. The molecule has 2 aromatic rings. The number of rotatable bonds is 3. The largest absolute Gasteiger partial charge is 0.505 e. The van der Waals surface area contributed by atoms with E-state index in [0.29, 0.717) is 5.56 Å². The van der Waals surface area contributed by atoms with E-state index in [-0.39, 0.29) is 16.8 Å². The topological polar surface area (TPSA) is 86.6 Å². The quantitative estimate of drug-likeness (QED) is 0.758. The van der Waals surface area contributed by atoms with Crippen molar-refractivity contribution >= 4 is 17.6 Å². The van der Waals surface area contributed by atoms with E-state index in [2.05, 4.69) is 5.32 Å². The fourth-order valence-corrected chi connectivity index (χ4v) is 1.82. The van der Waals surface area contributed by atoms with Crippen LogP contribution in [0.2, 0.25) is 0 Å². The molecule has 0 aliphatic rings. The van der Waals surface area contributed by atoms with Gasteiger partial charge in [0.05, 0.1) is 11.3 Å². The molecule has 0 unspecified atom stereocenters. The summed E-state index contributed by atoms with van der Waals surface area (Å²) in [5, 5.41) is 21.0. The van der Waals surface area contributed by atoms with Crippen molar-refractivity contribution in [3.63, 3.8) is 0 Å². The van der Waals surface area contributed by atoms with Crippen LogP contribution in [0.5, 0.6) is 5.75 Å². The summed E-state index contributed by atoms with van der Waals surface area (Å²) in [5.41, 5.74) is 0.0681. The number of nitrogens with one attached hydrogen (secondary N) is 1. The molecule has 108 valence electrons. The van der Waals surface area contributed by atoms with Gasteiger partial charge in [-0.2, -0.15) is 0 Å². The SMILES string of the molecule is Cc1ccc(F)c(C(=O)Nc2cccc(C(=O)O)c2O)c1. The third-order valence-electron chi connectivity index (χ3n) is 2.88. The molecule has 0 fully saturated rings. The Morgan fingerprint density at radius 2 is 1.86 bits per heavy atom. The zero-order valence-corrected chi connectivity index (χ0v) is 11.1. The monoisotopic (exact) mass is 289 g/mol. The summed E-state index contributed by atoms with van der Waals surface area (Å²) in [5.74, 6) is -3.38. The first-order chi connectivity index (χ1) is 9.90. The number of benzene rings is 2. The van der Waals surface area contributed by atoms with Gasteiger partial charge < -0.3 is 15.5 Å². The molecule has 0 spiro atoms. The Balaban J connectivity index is 2.34. The molecule has 1 amide bonds. The molecule has 0 bridgehead atoms. The molecule has 0 aliphatic carbocycles. The molecule has 3 N–H and O–H groups in total. The summed E-state index contributed by atoms with van der Waals surface area (Å²) in [6, 6.07) is 7.94. The van der Waals surface area contributed by atoms with Crippen LogP contribution in [0.1, 0.15) is 26.3 Å². The first-order valence-corrected chi connectivity index (χ1v) is 6.03. The van der Waals surface area contributed by atoms with E-state index in [4.69, 9.17) is 5.11 Å². The predicted molar refractivity (Wildman–Crippen MR) is 74.2 cm³/mol. The smallest absolute Gasteiger partial charge is 0.339 e. The minimum absolute atomic E-state index is 0.0965. The molecular formula is C15H12FNO4. The number of anilines is 1. The van der Waals surface area contributed by atoms with Gasteiger partial charge in [-0.05, 0) is 31.2 Å². The number of carboxylic acids is 1. The molecule has 0 heterocycles. The third kappa shape index (κ3) is 3.00. The number of phenols is 1. The Bertz CT molecular complexity index is 728. The lowest BCUT2D eigenvalue weighted by molar-refractivity contribution is 0.0693. The van der Waals surface area contributed by atoms with Crippen LogP contribution in [-0.2, 0) is 0 Å². The zero-order chi connectivity index (χ0) is 15.6. The van der Waals surface area contributed by atoms with Gasteiger partial charge in [0.25, 0.3) is 5.91 Å². The van der Waals surface area contributed by atoms with Crippen LogP contribution in [0.25, 0.3) is 0 Å². The maximum absolute atomic E-state index is 13.6. The van der Waals surface area contributed by atoms with Crippen molar-refractivity contribution in [2.75, 3.05) is 5.32 Å². The van der Waals surface area contributed by atoms with Gasteiger partial charge in [0.1, 0.15) is 11.4 Å². The fourth-order valence-electron chi connectivity index (χ4n) is 1.82. The van der Waals surface area contributed by atoms with Crippen LogP contribution in [0.4, 0.5) is 10.1 Å². The van der Waals surface area contributed by atoms with Crippen LogP contribution in [-0.4, -0.2) is 22.1 Å². The maximum atomic E-state index is 13.6. The molecule has 0 aromatic heterocycles. The number of carbonyl (C=O) groups excluding carboxylic acids is 1. The Kier molecular flexibility index (Phi) is 3.89. The summed E-state index contributed by atoms with van der Waals surface area (Å²) in [6.45, 7) is 1.71. The van der Waals surface area contributed by atoms with Crippen molar-refractivity contribution in [1.29, 1.82) is 0 Å². The molecule has 2 rings (SSSR count). The molecular weight excluding hydrogens is 277 g/mol. The summed E-state index contributed by atoms with van der Waals surface area (Å²) in [7, 11) is 0. The Labute approximate surface area is 119 Å². The highest BCUT2D eigenvalue weighted by molar-refractivity contribution is 6.06. The third-order valence-corrected chi connectivity index (χ3v) is 2.88. The molecule has 0 aliphatic heterocycles. The predicted octanol–water partition coefficient (Wildman–Crippen LogP) is 2.79. The van der Waals surface area contributed by atoms with E-state index in [1.54, 1.807) is 6.92 Å².